The van der Waals surface area contributed by atoms with Crippen molar-refractivity contribution < 1.29 is 18.0 Å². The molecule has 1 aliphatic rings. The van der Waals surface area contributed by atoms with Crippen LogP contribution < -0.4 is 10.0 Å². The molecule has 0 spiro atoms. The molecule has 9 heteroatoms. The number of sulfonamides is 1. The molecule has 0 saturated carbocycles. The van der Waals surface area contributed by atoms with Gasteiger partial charge in [0.2, 0.25) is 11.8 Å². The molecule has 1 heterocycles. The summed E-state index contributed by atoms with van der Waals surface area (Å²) in [4.78, 5) is 25.4. The highest BCUT2D eigenvalue weighted by Gasteiger charge is 2.25. The van der Waals surface area contributed by atoms with Crippen molar-refractivity contribution in [1.29, 1.82) is 0 Å². The van der Waals surface area contributed by atoms with Gasteiger partial charge in [-0.25, -0.2) is 8.42 Å². The zero-order valence-corrected chi connectivity index (χ0v) is 17.7. The van der Waals surface area contributed by atoms with Crippen LogP contribution in [0.1, 0.15) is 25.0 Å². The van der Waals surface area contributed by atoms with E-state index < -0.39 is 10.0 Å². The molecule has 0 bridgehead atoms. The first-order chi connectivity index (χ1) is 13.7. The van der Waals surface area contributed by atoms with Gasteiger partial charge in [-0.05, 0) is 49.2 Å². The smallest absolute Gasteiger partial charge is 0.263 e. The second-order valence-corrected chi connectivity index (χ2v) is 8.77. The molecule has 2 aromatic rings. The summed E-state index contributed by atoms with van der Waals surface area (Å²) in [6.45, 7) is 5.15. The Hall–Kier alpha value is -2.58. The van der Waals surface area contributed by atoms with E-state index in [1.54, 1.807) is 29.2 Å². The van der Waals surface area contributed by atoms with Crippen LogP contribution in [0, 0.1) is 0 Å². The first-order valence-electron chi connectivity index (χ1n) is 9.25. The average molecular weight is 436 g/mol. The molecule has 154 valence electrons. The number of carbonyl (C=O) groups is 2. The molecule has 0 aliphatic carbocycles. The van der Waals surface area contributed by atoms with Crippen LogP contribution in [0.4, 0.5) is 11.4 Å². The quantitative estimate of drug-likeness (QED) is 0.698. The Bertz CT molecular complexity index is 1050. The number of carbonyl (C=O) groups excluding carboxylic acids is 2. The van der Waals surface area contributed by atoms with E-state index in [2.05, 4.69) is 10.0 Å². The van der Waals surface area contributed by atoms with Crippen molar-refractivity contribution >= 4 is 44.8 Å². The molecular weight excluding hydrogens is 414 g/mol. The fraction of sp³-hybridized carbons (Fsp3) is 0.300. The third kappa shape index (κ3) is 4.71. The van der Waals surface area contributed by atoms with Gasteiger partial charge in [0.05, 0.1) is 17.9 Å². The van der Waals surface area contributed by atoms with Crippen LogP contribution >= 0.6 is 11.6 Å². The molecule has 0 saturated heterocycles. The van der Waals surface area contributed by atoms with Gasteiger partial charge < -0.3 is 10.2 Å². The fourth-order valence-corrected chi connectivity index (χ4v) is 4.83. The minimum atomic E-state index is -3.94. The SMILES string of the molecule is CCN(CC)C(=O)Cc1ccc(NS(=O)(=O)c2cc3c(cc2Cl)NC(=O)C3)cc1. The zero-order chi connectivity index (χ0) is 21.2. The standard InChI is InChI=1S/C20H22ClN3O4S/c1-3-24(4-2)20(26)9-13-5-7-15(8-6-13)23-29(27,28)18-10-14-11-19(25)22-17(14)12-16(18)21/h5-8,10,12,23H,3-4,9,11H2,1-2H3,(H,22,25). The number of rotatable bonds is 7. The number of hydrogen-bond acceptors (Lipinski definition) is 4. The van der Waals surface area contributed by atoms with Gasteiger partial charge in [0.25, 0.3) is 10.0 Å². The fourth-order valence-electron chi connectivity index (χ4n) is 3.19. The van der Waals surface area contributed by atoms with Crippen molar-refractivity contribution in [3.8, 4) is 0 Å². The lowest BCUT2D eigenvalue weighted by atomic mass is 10.1. The largest absolute Gasteiger partial charge is 0.343 e. The molecule has 2 aromatic carbocycles. The summed E-state index contributed by atoms with van der Waals surface area (Å²) < 4.78 is 28.0. The van der Waals surface area contributed by atoms with Gasteiger partial charge >= 0.3 is 0 Å². The van der Waals surface area contributed by atoms with Gasteiger partial charge in [0, 0.05) is 24.5 Å². The predicted molar refractivity (Wildman–Crippen MR) is 113 cm³/mol. The summed E-state index contributed by atoms with van der Waals surface area (Å²) in [6, 6.07) is 9.50. The van der Waals surface area contributed by atoms with Crippen molar-refractivity contribution in [3.05, 3.63) is 52.5 Å². The Morgan fingerprint density at radius 1 is 1.17 bits per heavy atom. The highest BCUT2D eigenvalue weighted by molar-refractivity contribution is 7.92. The van der Waals surface area contributed by atoms with E-state index in [1.807, 2.05) is 13.8 Å². The topological polar surface area (TPSA) is 95.6 Å². The zero-order valence-electron chi connectivity index (χ0n) is 16.2. The Kier molecular flexibility index (Phi) is 6.14. The lowest BCUT2D eigenvalue weighted by Crippen LogP contribution is -2.31. The number of hydrogen-bond donors (Lipinski definition) is 2. The van der Waals surface area contributed by atoms with Crippen molar-refractivity contribution in [3.63, 3.8) is 0 Å². The molecule has 3 rings (SSSR count). The van der Waals surface area contributed by atoms with Crippen LogP contribution in [0.3, 0.4) is 0 Å². The average Bonchev–Trinajstić information content (AvgIpc) is 3.02. The van der Waals surface area contributed by atoms with Crippen LogP contribution in [0.2, 0.25) is 5.02 Å². The van der Waals surface area contributed by atoms with Crippen LogP contribution in [0.25, 0.3) is 0 Å². The van der Waals surface area contributed by atoms with E-state index in [-0.39, 0.29) is 34.6 Å². The first kappa shape index (κ1) is 21.1. The Balaban J connectivity index is 1.75. The molecule has 2 N–H and O–H groups in total. The first-order valence-corrected chi connectivity index (χ1v) is 11.1. The lowest BCUT2D eigenvalue weighted by molar-refractivity contribution is -0.130. The number of anilines is 2. The lowest BCUT2D eigenvalue weighted by Gasteiger charge is -2.18. The summed E-state index contributed by atoms with van der Waals surface area (Å²) in [5.41, 5.74) is 2.27. The van der Waals surface area contributed by atoms with Gasteiger partial charge in [-0.15, -0.1) is 0 Å². The third-order valence-corrected chi connectivity index (χ3v) is 6.60. The normalized spacial score (nSPS) is 13.0. The number of nitrogens with one attached hydrogen (secondary N) is 2. The highest BCUT2D eigenvalue weighted by Crippen LogP contribution is 2.33. The van der Waals surface area contributed by atoms with E-state index >= 15 is 0 Å². The van der Waals surface area contributed by atoms with Gasteiger partial charge in [0.15, 0.2) is 0 Å². The maximum absolute atomic E-state index is 12.8. The number of benzene rings is 2. The minimum Gasteiger partial charge on any atom is -0.343 e. The Labute approximate surface area is 175 Å². The van der Waals surface area contributed by atoms with E-state index in [9.17, 15) is 18.0 Å². The van der Waals surface area contributed by atoms with Crippen LogP contribution in [-0.2, 0) is 32.5 Å². The Morgan fingerprint density at radius 3 is 2.45 bits per heavy atom. The molecule has 7 nitrogen and oxygen atoms in total. The maximum atomic E-state index is 12.8. The van der Waals surface area contributed by atoms with E-state index in [4.69, 9.17) is 11.6 Å². The molecule has 0 atom stereocenters. The van der Waals surface area contributed by atoms with Crippen molar-refractivity contribution in [2.45, 2.75) is 31.6 Å². The summed E-state index contributed by atoms with van der Waals surface area (Å²) in [6.07, 6.45) is 0.372. The van der Waals surface area contributed by atoms with Gasteiger partial charge in [-0.3, -0.25) is 14.3 Å². The second-order valence-electron chi connectivity index (χ2n) is 6.71. The monoisotopic (exact) mass is 435 g/mol. The van der Waals surface area contributed by atoms with Crippen LogP contribution in [0.5, 0.6) is 0 Å². The molecule has 29 heavy (non-hydrogen) atoms. The molecule has 0 fully saturated rings. The summed E-state index contributed by atoms with van der Waals surface area (Å²) in [5.74, 6) is -0.176. The van der Waals surface area contributed by atoms with Gasteiger partial charge in [-0.2, -0.15) is 0 Å². The number of fused-ring (bicyclic) bond motifs is 1. The predicted octanol–water partition coefficient (Wildman–Crippen LogP) is 3.05. The number of likely N-dealkylation sites (N-methyl/N-ethyl adjacent to an activating group) is 1. The molecule has 2 amide bonds. The van der Waals surface area contributed by atoms with E-state index in [0.717, 1.165) is 5.56 Å². The van der Waals surface area contributed by atoms with Crippen molar-refractivity contribution in [2.24, 2.45) is 0 Å². The number of halogens is 1. The third-order valence-electron chi connectivity index (χ3n) is 4.75. The van der Waals surface area contributed by atoms with Crippen LogP contribution in [-0.4, -0.2) is 38.2 Å². The highest BCUT2D eigenvalue weighted by atomic mass is 35.5. The Morgan fingerprint density at radius 2 is 1.83 bits per heavy atom. The molecule has 0 unspecified atom stereocenters. The summed E-state index contributed by atoms with van der Waals surface area (Å²) in [7, 11) is -3.94. The maximum Gasteiger partial charge on any atom is 0.263 e. The van der Waals surface area contributed by atoms with Crippen molar-refractivity contribution in [1.82, 2.24) is 4.90 Å². The van der Waals surface area contributed by atoms with E-state index in [1.165, 1.54) is 12.1 Å². The summed E-state index contributed by atoms with van der Waals surface area (Å²) in [5, 5.41) is 2.66. The van der Waals surface area contributed by atoms with E-state index in [0.29, 0.717) is 30.0 Å². The van der Waals surface area contributed by atoms with Gasteiger partial charge in [-0.1, -0.05) is 23.7 Å². The summed E-state index contributed by atoms with van der Waals surface area (Å²) >= 11 is 6.13. The van der Waals surface area contributed by atoms with Crippen LogP contribution in [0.15, 0.2) is 41.3 Å². The minimum absolute atomic E-state index is 0.0245. The molecule has 0 radical (unpaired) electrons. The molecular formula is C20H22ClN3O4S. The molecule has 0 aromatic heterocycles. The number of amides is 2. The molecule has 1 aliphatic heterocycles. The second kappa shape index (κ2) is 8.42. The number of nitrogens with zero attached hydrogens (tertiary/aromatic N) is 1. The van der Waals surface area contributed by atoms with Gasteiger partial charge in [0.1, 0.15) is 4.90 Å². The van der Waals surface area contributed by atoms with Crippen molar-refractivity contribution in [2.75, 3.05) is 23.1 Å².